The first-order chi connectivity index (χ1) is 13.0. The van der Waals surface area contributed by atoms with Gasteiger partial charge in [0, 0.05) is 37.1 Å². The Morgan fingerprint density at radius 2 is 2.04 bits per heavy atom. The first kappa shape index (κ1) is 18.4. The molecule has 1 saturated heterocycles. The third kappa shape index (κ3) is 4.01. The maximum atomic E-state index is 13.0. The molecule has 9 heteroatoms. The summed E-state index contributed by atoms with van der Waals surface area (Å²) in [7, 11) is -3.67. The molecule has 4 heterocycles. The summed E-state index contributed by atoms with van der Waals surface area (Å²) < 4.78 is 38.2. The molecule has 0 aliphatic carbocycles. The molecule has 0 amide bonds. The van der Waals surface area contributed by atoms with Crippen molar-refractivity contribution < 1.29 is 17.4 Å². The van der Waals surface area contributed by atoms with Crippen molar-refractivity contribution in [2.45, 2.75) is 25.0 Å². The average Bonchev–Trinajstić information content (AvgIpc) is 3.36. The van der Waals surface area contributed by atoms with E-state index in [1.165, 1.54) is 15.2 Å². The second-order valence-corrected chi connectivity index (χ2v) is 9.47. The van der Waals surface area contributed by atoms with Gasteiger partial charge >= 0.3 is 0 Å². The van der Waals surface area contributed by atoms with E-state index in [4.69, 9.17) is 8.94 Å². The van der Waals surface area contributed by atoms with E-state index < -0.39 is 10.0 Å². The van der Waals surface area contributed by atoms with Crippen LogP contribution in [0.2, 0.25) is 0 Å². The van der Waals surface area contributed by atoms with Gasteiger partial charge in [0.15, 0.2) is 5.76 Å². The molecule has 1 aliphatic rings. The summed E-state index contributed by atoms with van der Waals surface area (Å²) >= 11 is 1.73. The molecule has 144 valence electrons. The molecule has 4 rings (SSSR count). The molecule has 0 aromatic carbocycles. The molecule has 0 spiro atoms. The summed E-state index contributed by atoms with van der Waals surface area (Å²) in [5.41, 5.74) is 0.712. The van der Waals surface area contributed by atoms with Gasteiger partial charge in [0.25, 0.3) is 10.0 Å². The highest BCUT2D eigenvalue weighted by Gasteiger charge is 2.30. The average molecular weight is 408 g/mol. The van der Waals surface area contributed by atoms with E-state index in [2.05, 4.69) is 21.5 Å². The van der Waals surface area contributed by atoms with Crippen LogP contribution in [0.3, 0.4) is 0 Å². The minimum Gasteiger partial charge on any atom is -0.440 e. The topological polar surface area (TPSA) is 79.8 Å². The van der Waals surface area contributed by atoms with Gasteiger partial charge in [0.2, 0.25) is 10.9 Å². The minimum absolute atomic E-state index is 0.0572. The largest absolute Gasteiger partial charge is 0.440 e. The fourth-order valence-corrected chi connectivity index (χ4v) is 5.29. The van der Waals surface area contributed by atoms with Crippen LogP contribution in [0, 0.1) is 6.92 Å². The Bertz CT molecular complexity index is 992. The molecule has 27 heavy (non-hydrogen) atoms. The number of furan rings is 1. The third-order valence-corrected chi connectivity index (χ3v) is 7.19. The van der Waals surface area contributed by atoms with Crippen LogP contribution >= 0.6 is 11.3 Å². The summed E-state index contributed by atoms with van der Waals surface area (Å²) in [6, 6.07) is 8.95. The molecular formula is C18H21N3O4S2. The van der Waals surface area contributed by atoms with Crippen molar-refractivity contribution in [2.75, 3.05) is 26.2 Å². The van der Waals surface area contributed by atoms with Gasteiger partial charge < -0.3 is 8.94 Å². The molecule has 0 unspecified atom stereocenters. The molecule has 0 radical (unpaired) electrons. The van der Waals surface area contributed by atoms with E-state index in [0.29, 0.717) is 36.8 Å². The van der Waals surface area contributed by atoms with Crippen LogP contribution in [0.4, 0.5) is 0 Å². The van der Waals surface area contributed by atoms with Crippen LogP contribution in [0.5, 0.6) is 0 Å². The van der Waals surface area contributed by atoms with Crippen molar-refractivity contribution in [1.82, 2.24) is 14.4 Å². The number of hydrogen-bond donors (Lipinski definition) is 0. The van der Waals surface area contributed by atoms with E-state index in [0.717, 1.165) is 19.5 Å². The Labute approximate surface area is 162 Å². The van der Waals surface area contributed by atoms with Crippen molar-refractivity contribution in [3.05, 3.63) is 46.3 Å². The third-order valence-electron chi connectivity index (χ3n) is 4.55. The summed E-state index contributed by atoms with van der Waals surface area (Å²) in [5.74, 6) is 0.787. The maximum Gasteiger partial charge on any atom is 0.276 e. The molecular weight excluding hydrogens is 386 g/mol. The first-order valence-corrected chi connectivity index (χ1v) is 11.1. The zero-order chi connectivity index (χ0) is 18.9. The molecule has 0 saturated carbocycles. The highest BCUT2D eigenvalue weighted by molar-refractivity contribution is 7.89. The van der Waals surface area contributed by atoms with Crippen LogP contribution in [-0.2, 0) is 16.6 Å². The lowest BCUT2D eigenvalue weighted by Gasteiger charge is -2.20. The summed E-state index contributed by atoms with van der Waals surface area (Å²) in [6.07, 6.45) is 0.791. The lowest BCUT2D eigenvalue weighted by Crippen LogP contribution is -2.34. The number of nitrogens with zero attached hydrogens (tertiary/aromatic N) is 3. The molecule has 1 fully saturated rings. The maximum absolute atomic E-state index is 13.0. The molecule has 7 nitrogen and oxygen atoms in total. The second-order valence-electron chi connectivity index (χ2n) is 6.56. The van der Waals surface area contributed by atoms with Gasteiger partial charge in [-0.25, -0.2) is 8.42 Å². The number of aromatic nitrogens is 1. The molecule has 3 aromatic heterocycles. The molecule has 0 bridgehead atoms. The lowest BCUT2D eigenvalue weighted by molar-refractivity contribution is 0.280. The van der Waals surface area contributed by atoms with Gasteiger partial charge in [-0.15, -0.1) is 11.3 Å². The van der Waals surface area contributed by atoms with Crippen molar-refractivity contribution >= 4 is 21.4 Å². The standard InChI is InChI=1S/C18H21N3O4S2/c1-14-12-17(25-19-14)16-5-6-18(24-16)27(22,23)21-8-3-7-20(9-10-21)13-15-4-2-11-26-15/h2,4-6,11-12H,3,7-10,13H2,1H3. The van der Waals surface area contributed by atoms with Crippen molar-refractivity contribution in [3.8, 4) is 11.5 Å². The predicted molar refractivity (Wildman–Crippen MR) is 102 cm³/mol. The molecule has 0 atom stereocenters. The first-order valence-electron chi connectivity index (χ1n) is 8.81. The number of sulfonamides is 1. The highest BCUT2D eigenvalue weighted by Crippen LogP contribution is 2.27. The number of hydrogen-bond acceptors (Lipinski definition) is 7. The van der Waals surface area contributed by atoms with Crippen molar-refractivity contribution in [3.63, 3.8) is 0 Å². The number of rotatable bonds is 5. The Morgan fingerprint density at radius 1 is 1.15 bits per heavy atom. The predicted octanol–water partition coefficient (Wildman–Crippen LogP) is 3.20. The highest BCUT2D eigenvalue weighted by atomic mass is 32.2. The smallest absolute Gasteiger partial charge is 0.276 e. The molecule has 0 N–H and O–H groups in total. The van der Waals surface area contributed by atoms with E-state index in [-0.39, 0.29) is 5.09 Å². The van der Waals surface area contributed by atoms with E-state index in [1.54, 1.807) is 30.4 Å². The Balaban J connectivity index is 1.46. The van der Waals surface area contributed by atoms with E-state index in [9.17, 15) is 8.42 Å². The normalized spacial score (nSPS) is 17.2. The number of aryl methyl sites for hydroxylation is 1. The van der Waals surface area contributed by atoms with Crippen LogP contribution < -0.4 is 0 Å². The lowest BCUT2D eigenvalue weighted by atomic mass is 10.3. The fraction of sp³-hybridized carbons (Fsp3) is 0.389. The Morgan fingerprint density at radius 3 is 2.78 bits per heavy atom. The number of thiophene rings is 1. The van der Waals surface area contributed by atoms with Gasteiger partial charge in [0.1, 0.15) is 0 Å². The Hall–Kier alpha value is -1.94. The van der Waals surface area contributed by atoms with Gasteiger partial charge in [-0.05, 0) is 43.5 Å². The zero-order valence-corrected chi connectivity index (χ0v) is 16.6. The van der Waals surface area contributed by atoms with Crippen LogP contribution in [0.15, 0.2) is 49.7 Å². The zero-order valence-electron chi connectivity index (χ0n) is 15.0. The van der Waals surface area contributed by atoms with Crippen LogP contribution in [-0.4, -0.2) is 49.0 Å². The van der Waals surface area contributed by atoms with E-state index in [1.807, 2.05) is 6.07 Å². The van der Waals surface area contributed by atoms with Gasteiger partial charge in [-0.1, -0.05) is 11.2 Å². The minimum atomic E-state index is -3.67. The fourth-order valence-electron chi connectivity index (χ4n) is 3.17. The molecule has 3 aromatic rings. The monoisotopic (exact) mass is 407 g/mol. The van der Waals surface area contributed by atoms with Gasteiger partial charge in [-0.2, -0.15) is 4.31 Å². The van der Waals surface area contributed by atoms with Gasteiger partial charge in [-0.3, -0.25) is 4.90 Å². The van der Waals surface area contributed by atoms with Crippen LogP contribution in [0.1, 0.15) is 17.0 Å². The SMILES string of the molecule is Cc1cc(-c2ccc(S(=O)(=O)N3CCCN(Cc4cccs4)CC3)o2)on1. The van der Waals surface area contributed by atoms with Crippen LogP contribution in [0.25, 0.3) is 11.5 Å². The van der Waals surface area contributed by atoms with E-state index >= 15 is 0 Å². The quantitative estimate of drug-likeness (QED) is 0.646. The summed E-state index contributed by atoms with van der Waals surface area (Å²) in [4.78, 5) is 3.59. The Kier molecular flexibility index (Phi) is 5.18. The second kappa shape index (κ2) is 7.59. The summed E-state index contributed by atoms with van der Waals surface area (Å²) in [6.45, 7) is 5.18. The summed E-state index contributed by atoms with van der Waals surface area (Å²) in [5, 5.41) is 5.81. The van der Waals surface area contributed by atoms with Crippen molar-refractivity contribution in [1.29, 1.82) is 0 Å². The molecule has 1 aliphatic heterocycles. The van der Waals surface area contributed by atoms with Gasteiger partial charge in [0.05, 0.1) is 5.69 Å². The van der Waals surface area contributed by atoms with Crippen molar-refractivity contribution in [2.24, 2.45) is 0 Å².